The Morgan fingerprint density at radius 2 is 1.97 bits per heavy atom. The van der Waals surface area contributed by atoms with Gasteiger partial charge in [-0.25, -0.2) is 0 Å². The number of aromatic nitrogens is 3. The number of amides is 1. The quantitative estimate of drug-likeness (QED) is 0.586. The highest BCUT2D eigenvalue weighted by Gasteiger charge is 2.33. The number of para-hydroxylation sites is 1. The molecule has 0 spiro atoms. The first kappa shape index (κ1) is 23.2. The normalized spacial score (nSPS) is 14.3. The molecule has 0 atom stereocenters. The van der Waals surface area contributed by atoms with Gasteiger partial charge in [0.2, 0.25) is 11.9 Å². The van der Waals surface area contributed by atoms with Crippen LogP contribution in [-0.4, -0.2) is 64.7 Å². The van der Waals surface area contributed by atoms with Gasteiger partial charge in [0, 0.05) is 18.0 Å². The van der Waals surface area contributed by atoms with Gasteiger partial charge in [-0.05, 0) is 12.1 Å². The summed E-state index contributed by atoms with van der Waals surface area (Å²) in [4.78, 5) is 14.8. The monoisotopic (exact) mass is 472 g/mol. The second-order valence-corrected chi connectivity index (χ2v) is 8.32. The van der Waals surface area contributed by atoms with Gasteiger partial charge < -0.3 is 15.0 Å². The van der Waals surface area contributed by atoms with E-state index in [-0.39, 0.29) is 22.6 Å². The van der Waals surface area contributed by atoms with Crippen molar-refractivity contribution >= 4 is 41.1 Å². The lowest BCUT2D eigenvalue weighted by molar-refractivity contribution is -0.141. The van der Waals surface area contributed by atoms with Crippen molar-refractivity contribution < 1.29 is 22.7 Å². The summed E-state index contributed by atoms with van der Waals surface area (Å²) in [6.45, 7) is 0.376. The number of ether oxygens (including phenoxy) is 1. The number of carbonyl (C=O) groups is 1. The van der Waals surface area contributed by atoms with E-state index in [1.54, 1.807) is 29.2 Å². The van der Waals surface area contributed by atoms with Crippen molar-refractivity contribution in [2.75, 3.05) is 48.0 Å². The van der Waals surface area contributed by atoms with Gasteiger partial charge in [-0.15, -0.1) is 22.0 Å². The second kappa shape index (κ2) is 10.7. The van der Waals surface area contributed by atoms with E-state index in [0.717, 1.165) is 21.2 Å². The third kappa shape index (κ3) is 6.78. The smallest absolute Gasteiger partial charge is 0.378 e. The van der Waals surface area contributed by atoms with E-state index < -0.39 is 18.6 Å². The van der Waals surface area contributed by atoms with Crippen LogP contribution in [0.4, 0.5) is 24.8 Å². The Hall–Kier alpha value is -2.43. The van der Waals surface area contributed by atoms with E-state index in [0.29, 0.717) is 32.0 Å². The van der Waals surface area contributed by atoms with Gasteiger partial charge in [0.25, 0.3) is 0 Å². The van der Waals surface area contributed by atoms with Crippen molar-refractivity contribution in [2.45, 2.75) is 22.8 Å². The fourth-order valence-electron chi connectivity index (χ4n) is 2.82. The molecule has 3 rings (SSSR count). The zero-order chi connectivity index (χ0) is 22.3. The molecule has 1 amide bonds. The molecule has 0 saturated carbocycles. The molecule has 0 aliphatic carbocycles. The highest BCUT2D eigenvalue weighted by atomic mass is 32.2. The summed E-state index contributed by atoms with van der Waals surface area (Å²) in [5, 5.41) is 19.3. The van der Waals surface area contributed by atoms with Crippen LogP contribution in [0.5, 0.6) is 0 Å². The highest BCUT2D eigenvalue weighted by Crippen LogP contribution is 2.29. The van der Waals surface area contributed by atoms with Crippen LogP contribution in [0.15, 0.2) is 34.3 Å². The molecule has 2 aromatic rings. The lowest BCUT2D eigenvalue weighted by Gasteiger charge is -2.28. The van der Waals surface area contributed by atoms with Crippen molar-refractivity contribution in [2.24, 2.45) is 0 Å². The predicted molar refractivity (Wildman–Crippen MR) is 111 cm³/mol. The Morgan fingerprint density at radius 1 is 1.23 bits per heavy atom. The number of carbonyl (C=O) groups excluding carboxylic acids is 1. The van der Waals surface area contributed by atoms with Crippen LogP contribution < -0.4 is 10.2 Å². The number of alkyl halides is 3. The van der Waals surface area contributed by atoms with Crippen LogP contribution >= 0.6 is 23.5 Å². The molecule has 13 heteroatoms. The average molecular weight is 473 g/mol. The van der Waals surface area contributed by atoms with E-state index in [1.165, 1.54) is 11.8 Å². The minimum Gasteiger partial charge on any atom is -0.378 e. The number of anilines is 2. The third-order valence-corrected chi connectivity index (χ3v) is 6.02. The molecule has 1 N–H and O–H groups in total. The van der Waals surface area contributed by atoms with E-state index in [2.05, 4.69) is 15.5 Å². The van der Waals surface area contributed by atoms with Crippen LogP contribution in [0, 0.1) is 11.3 Å². The summed E-state index contributed by atoms with van der Waals surface area (Å²) in [6.07, 6.45) is -4.46. The minimum absolute atomic E-state index is 0.0149. The van der Waals surface area contributed by atoms with Crippen LogP contribution in [0.1, 0.15) is 0 Å². The molecule has 31 heavy (non-hydrogen) atoms. The summed E-state index contributed by atoms with van der Waals surface area (Å²) in [5.74, 6) is -0.200. The van der Waals surface area contributed by atoms with E-state index in [4.69, 9.17) is 10.00 Å². The van der Waals surface area contributed by atoms with Gasteiger partial charge >= 0.3 is 6.18 Å². The molecule has 1 aliphatic rings. The number of nitriles is 1. The average Bonchev–Trinajstić information content (AvgIpc) is 3.13. The zero-order valence-corrected chi connectivity index (χ0v) is 17.9. The maximum atomic E-state index is 13.1. The van der Waals surface area contributed by atoms with Crippen LogP contribution in [0.2, 0.25) is 0 Å². The molecule has 1 fully saturated rings. The Morgan fingerprint density at radius 3 is 2.68 bits per heavy atom. The summed E-state index contributed by atoms with van der Waals surface area (Å²) in [6, 6.07) is 9.03. The van der Waals surface area contributed by atoms with Gasteiger partial charge in [0.15, 0.2) is 5.16 Å². The van der Waals surface area contributed by atoms with Gasteiger partial charge in [-0.3, -0.25) is 9.36 Å². The predicted octanol–water partition coefficient (Wildman–Crippen LogP) is 3.02. The zero-order valence-electron chi connectivity index (χ0n) is 16.3. The van der Waals surface area contributed by atoms with Gasteiger partial charge in [0.1, 0.15) is 6.54 Å². The number of nitrogens with one attached hydrogen (secondary N) is 1. The molecule has 0 radical (unpaired) electrons. The summed E-state index contributed by atoms with van der Waals surface area (Å²) in [7, 11) is 0. The first-order valence-electron chi connectivity index (χ1n) is 9.21. The first-order valence-corrected chi connectivity index (χ1v) is 11.2. The summed E-state index contributed by atoms with van der Waals surface area (Å²) >= 11 is 2.17. The number of thioether (sulfide) groups is 2. The molecule has 166 valence electrons. The number of nitrogens with zero attached hydrogens (tertiary/aromatic N) is 5. The van der Waals surface area contributed by atoms with Crippen molar-refractivity contribution in [3.05, 3.63) is 24.3 Å². The lowest BCUT2D eigenvalue weighted by Crippen LogP contribution is -2.38. The summed E-state index contributed by atoms with van der Waals surface area (Å²) < 4.78 is 45.7. The van der Waals surface area contributed by atoms with E-state index in [1.807, 2.05) is 6.07 Å². The van der Waals surface area contributed by atoms with Gasteiger partial charge in [-0.1, -0.05) is 23.9 Å². The van der Waals surface area contributed by atoms with Crippen molar-refractivity contribution in [1.29, 1.82) is 5.26 Å². The Balaban J connectivity index is 1.69. The number of rotatable bonds is 8. The molecule has 1 saturated heterocycles. The minimum atomic E-state index is -4.46. The Labute approximate surface area is 185 Å². The topological polar surface area (TPSA) is 96.1 Å². The standard InChI is InChI=1S/C18H19F3N6O2S2/c19-18(20,21)12-27-16(26-6-8-29-9-7-26)24-25-17(27)31-11-15(28)23-13-3-1-2-4-14(13)30-10-5-22/h1-4H,6-12H2,(H,23,28). The van der Waals surface area contributed by atoms with Crippen LogP contribution in [0.25, 0.3) is 0 Å². The first-order chi connectivity index (χ1) is 14.9. The second-order valence-electron chi connectivity index (χ2n) is 6.36. The van der Waals surface area contributed by atoms with Crippen LogP contribution in [-0.2, 0) is 16.1 Å². The molecule has 0 bridgehead atoms. The molecule has 0 unspecified atom stereocenters. The maximum absolute atomic E-state index is 13.1. The van der Waals surface area contributed by atoms with Gasteiger partial charge in [0.05, 0.1) is 36.5 Å². The van der Waals surface area contributed by atoms with Gasteiger partial charge in [-0.2, -0.15) is 18.4 Å². The fourth-order valence-corrected chi connectivity index (χ4v) is 4.23. The summed E-state index contributed by atoms with van der Waals surface area (Å²) in [5.41, 5.74) is 0.541. The van der Waals surface area contributed by atoms with Crippen molar-refractivity contribution in [3.63, 3.8) is 0 Å². The van der Waals surface area contributed by atoms with Crippen molar-refractivity contribution in [3.8, 4) is 6.07 Å². The molecular weight excluding hydrogens is 453 g/mol. The lowest BCUT2D eigenvalue weighted by atomic mass is 10.3. The number of halogens is 3. The molecule has 8 nitrogen and oxygen atoms in total. The number of morpholine rings is 1. The maximum Gasteiger partial charge on any atom is 0.406 e. The van der Waals surface area contributed by atoms with E-state index >= 15 is 0 Å². The largest absolute Gasteiger partial charge is 0.406 e. The Bertz CT molecular complexity index is 941. The molecule has 1 aromatic heterocycles. The van der Waals surface area contributed by atoms with Crippen molar-refractivity contribution in [1.82, 2.24) is 14.8 Å². The fraction of sp³-hybridized carbons (Fsp3) is 0.444. The van der Waals surface area contributed by atoms with Crippen LogP contribution in [0.3, 0.4) is 0 Å². The molecule has 1 aliphatic heterocycles. The Kier molecular flexibility index (Phi) is 8.05. The number of benzene rings is 1. The molecule has 2 heterocycles. The number of hydrogen-bond acceptors (Lipinski definition) is 8. The third-order valence-electron chi connectivity index (χ3n) is 4.11. The highest BCUT2D eigenvalue weighted by molar-refractivity contribution is 8.00. The van der Waals surface area contributed by atoms with E-state index in [9.17, 15) is 18.0 Å². The molecule has 1 aromatic carbocycles. The molecular formula is C18H19F3N6O2S2. The SMILES string of the molecule is N#CCSc1ccccc1NC(=O)CSc1nnc(N2CCOCC2)n1CC(F)(F)F. The number of hydrogen-bond donors (Lipinski definition) is 1.